The van der Waals surface area contributed by atoms with Crippen molar-refractivity contribution >= 4 is 28.9 Å². The molecule has 2 atom stereocenters. The summed E-state index contributed by atoms with van der Waals surface area (Å²) in [6.07, 6.45) is 0.972. The maximum absolute atomic E-state index is 11.6. The second kappa shape index (κ2) is 3.74. The molecular formula is C11H13ClN2O. The molecular weight excluding hydrogens is 212 g/mol. The first-order valence-corrected chi connectivity index (χ1v) is 5.31. The summed E-state index contributed by atoms with van der Waals surface area (Å²) in [7, 11) is 0. The van der Waals surface area contributed by atoms with Gasteiger partial charge in [0, 0.05) is 10.9 Å². The Hall–Kier alpha value is -1.22. The van der Waals surface area contributed by atoms with Crippen LogP contribution in [0, 0.1) is 11.8 Å². The Morgan fingerprint density at radius 3 is 2.80 bits per heavy atom. The fraction of sp³-hybridized carbons (Fsp3) is 0.364. The summed E-state index contributed by atoms with van der Waals surface area (Å²) in [4.78, 5) is 11.6. The lowest BCUT2D eigenvalue weighted by atomic mass is 10.2. The molecule has 15 heavy (non-hydrogen) atoms. The van der Waals surface area contributed by atoms with Crippen molar-refractivity contribution in [1.82, 2.24) is 0 Å². The lowest BCUT2D eigenvalue weighted by molar-refractivity contribution is -0.117. The zero-order chi connectivity index (χ0) is 11.0. The van der Waals surface area contributed by atoms with E-state index in [-0.39, 0.29) is 11.8 Å². The van der Waals surface area contributed by atoms with Crippen molar-refractivity contribution < 1.29 is 4.79 Å². The van der Waals surface area contributed by atoms with E-state index in [1.807, 2.05) is 0 Å². The summed E-state index contributed by atoms with van der Waals surface area (Å²) < 4.78 is 0. The Kier molecular flexibility index (Phi) is 2.57. The van der Waals surface area contributed by atoms with Crippen molar-refractivity contribution in [1.29, 1.82) is 0 Å². The van der Waals surface area contributed by atoms with Crippen molar-refractivity contribution in [2.45, 2.75) is 13.3 Å². The van der Waals surface area contributed by atoms with Gasteiger partial charge >= 0.3 is 0 Å². The number of amides is 1. The van der Waals surface area contributed by atoms with E-state index < -0.39 is 0 Å². The van der Waals surface area contributed by atoms with E-state index in [9.17, 15) is 4.79 Å². The van der Waals surface area contributed by atoms with Crippen LogP contribution in [0.25, 0.3) is 0 Å². The second-order valence-corrected chi connectivity index (χ2v) is 4.48. The van der Waals surface area contributed by atoms with Crippen LogP contribution in [0.15, 0.2) is 18.2 Å². The SMILES string of the molecule is CC1CC1C(=O)Nc1ccc(Cl)cc1N. The van der Waals surface area contributed by atoms with Gasteiger partial charge in [-0.05, 0) is 30.5 Å². The van der Waals surface area contributed by atoms with Gasteiger partial charge in [0.25, 0.3) is 0 Å². The highest BCUT2D eigenvalue weighted by atomic mass is 35.5. The predicted molar refractivity (Wildman–Crippen MR) is 61.8 cm³/mol. The van der Waals surface area contributed by atoms with Crippen molar-refractivity contribution in [2.75, 3.05) is 11.1 Å². The van der Waals surface area contributed by atoms with Gasteiger partial charge in [0.2, 0.25) is 5.91 Å². The molecule has 2 rings (SSSR count). The van der Waals surface area contributed by atoms with Gasteiger partial charge in [-0.15, -0.1) is 0 Å². The number of nitrogens with one attached hydrogen (secondary N) is 1. The number of hydrogen-bond acceptors (Lipinski definition) is 2. The Morgan fingerprint density at radius 2 is 2.27 bits per heavy atom. The van der Waals surface area contributed by atoms with Gasteiger partial charge in [-0.1, -0.05) is 18.5 Å². The van der Waals surface area contributed by atoms with Gasteiger partial charge in [-0.3, -0.25) is 4.79 Å². The monoisotopic (exact) mass is 224 g/mol. The zero-order valence-corrected chi connectivity index (χ0v) is 9.21. The van der Waals surface area contributed by atoms with Crippen LogP contribution in [-0.2, 0) is 4.79 Å². The predicted octanol–water partition coefficient (Wildman–Crippen LogP) is 2.52. The van der Waals surface area contributed by atoms with E-state index in [2.05, 4.69) is 12.2 Å². The third-order valence-electron chi connectivity index (χ3n) is 2.72. The van der Waals surface area contributed by atoms with Crippen LogP contribution < -0.4 is 11.1 Å². The molecule has 3 N–H and O–H groups in total. The first-order chi connectivity index (χ1) is 7.08. The largest absolute Gasteiger partial charge is 0.397 e. The van der Waals surface area contributed by atoms with Crippen LogP contribution >= 0.6 is 11.6 Å². The third-order valence-corrected chi connectivity index (χ3v) is 2.95. The summed E-state index contributed by atoms with van der Waals surface area (Å²) in [6.45, 7) is 2.06. The molecule has 0 saturated heterocycles. The molecule has 3 nitrogen and oxygen atoms in total. The number of nitrogens with two attached hydrogens (primary N) is 1. The number of anilines is 2. The van der Waals surface area contributed by atoms with Gasteiger partial charge in [0.15, 0.2) is 0 Å². The van der Waals surface area contributed by atoms with Crippen LogP contribution in [0.2, 0.25) is 5.02 Å². The average Bonchev–Trinajstić information content (AvgIpc) is 2.88. The van der Waals surface area contributed by atoms with E-state index in [1.165, 1.54) is 0 Å². The molecule has 1 saturated carbocycles. The summed E-state index contributed by atoms with van der Waals surface area (Å²) in [5.41, 5.74) is 6.87. The first-order valence-electron chi connectivity index (χ1n) is 4.94. The molecule has 1 aromatic carbocycles. The third kappa shape index (κ3) is 2.23. The normalized spacial score (nSPS) is 23.6. The standard InChI is InChI=1S/C11H13ClN2O/c1-6-4-8(6)11(15)14-10-3-2-7(12)5-9(10)13/h2-3,5-6,8H,4,13H2,1H3,(H,14,15). The Morgan fingerprint density at radius 1 is 1.60 bits per heavy atom. The second-order valence-electron chi connectivity index (χ2n) is 4.04. The average molecular weight is 225 g/mol. The van der Waals surface area contributed by atoms with Crippen LogP contribution in [-0.4, -0.2) is 5.91 Å². The van der Waals surface area contributed by atoms with E-state index in [0.29, 0.717) is 22.3 Å². The Balaban J connectivity index is 2.07. The highest BCUT2D eigenvalue weighted by Gasteiger charge is 2.39. The van der Waals surface area contributed by atoms with E-state index in [4.69, 9.17) is 17.3 Å². The van der Waals surface area contributed by atoms with Crippen molar-refractivity contribution in [2.24, 2.45) is 11.8 Å². The molecule has 1 aliphatic rings. The number of benzene rings is 1. The van der Waals surface area contributed by atoms with Crippen LogP contribution in [0.5, 0.6) is 0 Å². The van der Waals surface area contributed by atoms with E-state index >= 15 is 0 Å². The Bertz CT molecular complexity index is 406. The van der Waals surface area contributed by atoms with Gasteiger partial charge in [0.05, 0.1) is 11.4 Å². The molecule has 0 radical (unpaired) electrons. The summed E-state index contributed by atoms with van der Waals surface area (Å²) >= 11 is 5.76. The fourth-order valence-electron chi connectivity index (χ4n) is 1.56. The summed E-state index contributed by atoms with van der Waals surface area (Å²) in [6, 6.07) is 5.07. The number of rotatable bonds is 2. The lowest BCUT2D eigenvalue weighted by Crippen LogP contribution is -2.15. The number of hydrogen-bond donors (Lipinski definition) is 2. The van der Waals surface area contributed by atoms with Crippen LogP contribution in [0.4, 0.5) is 11.4 Å². The van der Waals surface area contributed by atoms with Crippen molar-refractivity contribution in [3.8, 4) is 0 Å². The molecule has 0 aromatic heterocycles. The number of carbonyl (C=O) groups excluding carboxylic acids is 1. The molecule has 1 aliphatic carbocycles. The molecule has 0 spiro atoms. The summed E-state index contributed by atoms with van der Waals surface area (Å²) in [5.74, 6) is 0.704. The van der Waals surface area contributed by atoms with Crippen LogP contribution in [0.3, 0.4) is 0 Å². The summed E-state index contributed by atoms with van der Waals surface area (Å²) in [5, 5.41) is 3.38. The molecule has 4 heteroatoms. The highest BCUT2D eigenvalue weighted by Crippen LogP contribution is 2.38. The molecule has 0 aliphatic heterocycles. The highest BCUT2D eigenvalue weighted by molar-refractivity contribution is 6.31. The molecule has 2 unspecified atom stereocenters. The smallest absolute Gasteiger partial charge is 0.227 e. The maximum atomic E-state index is 11.6. The number of halogens is 1. The topological polar surface area (TPSA) is 55.1 Å². The Labute approximate surface area is 93.6 Å². The van der Waals surface area contributed by atoms with E-state index in [1.54, 1.807) is 18.2 Å². The molecule has 1 aromatic rings. The molecule has 0 heterocycles. The number of nitrogen functional groups attached to an aromatic ring is 1. The maximum Gasteiger partial charge on any atom is 0.227 e. The zero-order valence-electron chi connectivity index (χ0n) is 8.46. The minimum absolute atomic E-state index is 0.0523. The van der Waals surface area contributed by atoms with Crippen LogP contribution in [0.1, 0.15) is 13.3 Å². The molecule has 1 fully saturated rings. The van der Waals surface area contributed by atoms with E-state index in [0.717, 1.165) is 6.42 Å². The molecule has 1 amide bonds. The first kappa shape index (κ1) is 10.3. The molecule has 0 bridgehead atoms. The number of carbonyl (C=O) groups is 1. The van der Waals surface area contributed by atoms with Gasteiger partial charge in [-0.25, -0.2) is 0 Å². The van der Waals surface area contributed by atoms with Gasteiger partial charge < -0.3 is 11.1 Å². The quantitative estimate of drug-likeness (QED) is 0.759. The fourth-order valence-corrected chi connectivity index (χ4v) is 1.74. The molecule has 80 valence electrons. The van der Waals surface area contributed by atoms with Crippen molar-refractivity contribution in [3.05, 3.63) is 23.2 Å². The van der Waals surface area contributed by atoms with Gasteiger partial charge in [-0.2, -0.15) is 0 Å². The minimum Gasteiger partial charge on any atom is -0.397 e. The van der Waals surface area contributed by atoms with Gasteiger partial charge in [0.1, 0.15) is 0 Å². The van der Waals surface area contributed by atoms with Crippen molar-refractivity contribution in [3.63, 3.8) is 0 Å². The minimum atomic E-state index is 0.0523. The lowest BCUT2D eigenvalue weighted by Gasteiger charge is -2.07.